The summed E-state index contributed by atoms with van der Waals surface area (Å²) in [5, 5.41) is 0. The molecular weight excluding hydrogens is 219 g/mol. The molecule has 4 heteroatoms. The van der Waals surface area contributed by atoms with Crippen molar-refractivity contribution in [2.75, 3.05) is 19.6 Å². The third-order valence-electron chi connectivity index (χ3n) is 2.53. The summed E-state index contributed by atoms with van der Waals surface area (Å²) >= 11 is 0. The smallest absolute Gasteiger partial charge is 0.256 e. The van der Waals surface area contributed by atoms with Crippen LogP contribution >= 0.6 is 0 Å². The number of aryl methyl sites for hydroxylation is 1. The first-order chi connectivity index (χ1) is 8.10. The molecule has 0 radical (unpaired) electrons. The largest absolute Gasteiger partial charge is 0.337 e. The van der Waals surface area contributed by atoms with E-state index in [1.807, 2.05) is 13.8 Å². The Balaban J connectivity index is 2.95. The van der Waals surface area contributed by atoms with Crippen LogP contribution in [0.25, 0.3) is 0 Å². The Morgan fingerprint density at radius 2 is 2.12 bits per heavy atom. The van der Waals surface area contributed by atoms with Crippen molar-refractivity contribution in [2.24, 2.45) is 5.73 Å². The molecule has 0 unspecified atom stereocenters. The van der Waals surface area contributed by atoms with E-state index in [0.717, 1.165) is 12.0 Å². The molecule has 0 aliphatic heterocycles. The molecule has 1 amide bonds. The first-order valence-electron chi connectivity index (χ1n) is 5.85. The van der Waals surface area contributed by atoms with Crippen LogP contribution in [-0.2, 0) is 0 Å². The van der Waals surface area contributed by atoms with Gasteiger partial charge in [0.2, 0.25) is 0 Å². The summed E-state index contributed by atoms with van der Waals surface area (Å²) in [6.07, 6.45) is 0.833. The predicted octanol–water partition coefficient (Wildman–Crippen LogP) is 1.95. The van der Waals surface area contributed by atoms with Gasteiger partial charge in [-0.2, -0.15) is 0 Å². The number of amides is 1. The van der Waals surface area contributed by atoms with Gasteiger partial charge in [0.05, 0.1) is 5.56 Å². The van der Waals surface area contributed by atoms with Crippen LogP contribution in [0.2, 0.25) is 0 Å². The van der Waals surface area contributed by atoms with E-state index >= 15 is 0 Å². The van der Waals surface area contributed by atoms with E-state index in [2.05, 4.69) is 0 Å². The fourth-order valence-electron chi connectivity index (χ4n) is 1.71. The lowest BCUT2D eigenvalue weighted by Crippen LogP contribution is -2.36. The molecule has 0 saturated carbocycles. The molecule has 0 atom stereocenters. The number of hydrogen-bond donors (Lipinski definition) is 1. The average Bonchev–Trinajstić information content (AvgIpc) is 2.31. The molecule has 3 nitrogen and oxygen atoms in total. The fourth-order valence-corrected chi connectivity index (χ4v) is 1.71. The van der Waals surface area contributed by atoms with Gasteiger partial charge in [-0.3, -0.25) is 4.79 Å². The minimum absolute atomic E-state index is 0.131. The van der Waals surface area contributed by atoms with Crippen molar-refractivity contribution in [2.45, 2.75) is 20.3 Å². The Morgan fingerprint density at radius 1 is 1.41 bits per heavy atom. The predicted molar refractivity (Wildman–Crippen MR) is 66.4 cm³/mol. The molecule has 1 rings (SSSR count). The van der Waals surface area contributed by atoms with Crippen LogP contribution in [0, 0.1) is 12.7 Å². The number of rotatable bonds is 5. The highest BCUT2D eigenvalue weighted by atomic mass is 19.1. The molecule has 94 valence electrons. The van der Waals surface area contributed by atoms with Gasteiger partial charge in [0.25, 0.3) is 5.91 Å². The summed E-state index contributed by atoms with van der Waals surface area (Å²) < 4.78 is 13.6. The Morgan fingerprint density at radius 3 is 2.71 bits per heavy atom. The molecule has 1 aromatic carbocycles. The molecular formula is C13H19FN2O. The SMILES string of the molecule is CCCN(CCN)C(=O)c1cc(C)ccc1F. The minimum atomic E-state index is -0.473. The monoisotopic (exact) mass is 238 g/mol. The van der Waals surface area contributed by atoms with E-state index in [1.165, 1.54) is 6.07 Å². The molecule has 17 heavy (non-hydrogen) atoms. The first kappa shape index (κ1) is 13.6. The zero-order valence-corrected chi connectivity index (χ0v) is 10.4. The maximum absolute atomic E-state index is 13.6. The van der Waals surface area contributed by atoms with Crippen molar-refractivity contribution in [1.82, 2.24) is 4.90 Å². The molecule has 0 spiro atoms. The summed E-state index contributed by atoms with van der Waals surface area (Å²) in [6, 6.07) is 4.56. The topological polar surface area (TPSA) is 46.3 Å². The number of benzene rings is 1. The molecule has 0 aromatic heterocycles. The number of halogens is 1. The minimum Gasteiger partial charge on any atom is -0.337 e. The quantitative estimate of drug-likeness (QED) is 0.852. The lowest BCUT2D eigenvalue weighted by atomic mass is 10.1. The molecule has 0 aliphatic rings. The maximum Gasteiger partial charge on any atom is 0.256 e. The van der Waals surface area contributed by atoms with E-state index < -0.39 is 5.82 Å². The van der Waals surface area contributed by atoms with Gasteiger partial charge >= 0.3 is 0 Å². The Kier molecular flexibility index (Phi) is 5.10. The van der Waals surface area contributed by atoms with E-state index in [9.17, 15) is 9.18 Å². The van der Waals surface area contributed by atoms with E-state index in [4.69, 9.17) is 5.73 Å². The lowest BCUT2D eigenvalue weighted by Gasteiger charge is -2.21. The maximum atomic E-state index is 13.6. The third-order valence-corrected chi connectivity index (χ3v) is 2.53. The number of carbonyl (C=O) groups excluding carboxylic acids is 1. The van der Waals surface area contributed by atoms with Crippen molar-refractivity contribution >= 4 is 5.91 Å². The van der Waals surface area contributed by atoms with Crippen LogP contribution in [0.5, 0.6) is 0 Å². The van der Waals surface area contributed by atoms with Gasteiger partial charge in [-0.15, -0.1) is 0 Å². The van der Waals surface area contributed by atoms with Crippen LogP contribution in [0.3, 0.4) is 0 Å². The fraction of sp³-hybridized carbons (Fsp3) is 0.462. The molecule has 0 aliphatic carbocycles. The van der Waals surface area contributed by atoms with Gasteiger partial charge in [0.15, 0.2) is 0 Å². The van der Waals surface area contributed by atoms with E-state index in [1.54, 1.807) is 17.0 Å². The summed E-state index contributed by atoms with van der Waals surface area (Å²) in [7, 11) is 0. The Bertz CT molecular complexity index is 387. The zero-order chi connectivity index (χ0) is 12.8. The molecule has 0 heterocycles. The molecule has 0 fully saturated rings. The van der Waals surface area contributed by atoms with Crippen molar-refractivity contribution in [3.63, 3.8) is 0 Å². The molecule has 2 N–H and O–H groups in total. The van der Waals surface area contributed by atoms with Crippen molar-refractivity contribution in [1.29, 1.82) is 0 Å². The second kappa shape index (κ2) is 6.35. The number of nitrogens with zero attached hydrogens (tertiary/aromatic N) is 1. The lowest BCUT2D eigenvalue weighted by molar-refractivity contribution is 0.0755. The normalized spacial score (nSPS) is 10.4. The van der Waals surface area contributed by atoms with Crippen LogP contribution in [-0.4, -0.2) is 30.4 Å². The van der Waals surface area contributed by atoms with Gasteiger partial charge in [-0.05, 0) is 25.5 Å². The van der Waals surface area contributed by atoms with E-state index in [-0.39, 0.29) is 11.5 Å². The van der Waals surface area contributed by atoms with Crippen molar-refractivity contribution in [3.05, 3.63) is 35.1 Å². The van der Waals surface area contributed by atoms with Gasteiger partial charge in [-0.25, -0.2) is 4.39 Å². The Labute approximate surface area is 101 Å². The van der Waals surface area contributed by atoms with Crippen LogP contribution in [0.1, 0.15) is 29.3 Å². The molecule has 0 bridgehead atoms. The van der Waals surface area contributed by atoms with Gasteiger partial charge in [0, 0.05) is 19.6 Å². The van der Waals surface area contributed by atoms with Gasteiger partial charge < -0.3 is 10.6 Å². The van der Waals surface area contributed by atoms with Crippen molar-refractivity contribution < 1.29 is 9.18 Å². The van der Waals surface area contributed by atoms with Crippen LogP contribution < -0.4 is 5.73 Å². The zero-order valence-electron chi connectivity index (χ0n) is 10.4. The summed E-state index contributed by atoms with van der Waals surface area (Å²) in [5.74, 6) is -0.753. The van der Waals surface area contributed by atoms with Crippen LogP contribution in [0.15, 0.2) is 18.2 Å². The summed E-state index contributed by atoms with van der Waals surface area (Å²) in [4.78, 5) is 13.7. The third kappa shape index (κ3) is 3.53. The number of carbonyl (C=O) groups is 1. The highest BCUT2D eigenvalue weighted by Gasteiger charge is 2.18. The average molecular weight is 238 g/mol. The summed E-state index contributed by atoms with van der Waals surface area (Å²) in [6.45, 7) is 5.26. The second-order valence-electron chi connectivity index (χ2n) is 4.06. The summed E-state index contributed by atoms with van der Waals surface area (Å²) in [5.41, 5.74) is 6.46. The number of nitrogens with two attached hydrogens (primary N) is 1. The highest BCUT2D eigenvalue weighted by molar-refractivity contribution is 5.94. The second-order valence-corrected chi connectivity index (χ2v) is 4.06. The van der Waals surface area contributed by atoms with E-state index in [0.29, 0.717) is 19.6 Å². The number of hydrogen-bond acceptors (Lipinski definition) is 2. The van der Waals surface area contributed by atoms with Crippen molar-refractivity contribution in [3.8, 4) is 0 Å². The standard InChI is InChI=1S/C13H19FN2O/c1-3-7-16(8-6-15)13(17)11-9-10(2)4-5-12(11)14/h4-5,9H,3,6-8,15H2,1-2H3. The first-order valence-corrected chi connectivity index (χ1v) is 5.85. The highest BCUT2D eigenvalue weighted by Crippen LogP contribution is 2.13. The van der Waals surface area contributed by atoms with Gasteiger partial charge in [0.1, 0.15) is 5.82 Å². The van der Waals surface area contributed by atoms with Crippen LogP contribution in [0.4, 0.5) is 4.39 Å². The molecule has 1 aromatic rings. The molecule has 0 saturated heterocycles. The Hall–Kier alpha value is -1.42. The van der Waals surface area contributed by atoms with Gasteiger partial charge in [-0.1, -0.05) is 18.6 Å².